The molecule has 30 heavy (non-hydrogen) atoms. The van der Waals surface area contributed by atoms with Gasteiger partial charge in [-0.05, 0) is 93.9 Å². The fourth-order valence-corrected chi connectivity index (χ4v) is 5.24. The first kappa shape index (κ1) is 21.5. The van der Waals surface area contributed by atoms with E-state index in [4.69, 9.17) is 16.3 Å². The second kappa shape index (κ2) is 9.62. The van der Waals surface area contributed by atoms with Crippen LogP contribution in [0.5, 0.6) is 5.75 Å². The molecular formula is C26H35ClN2O. The fraction of sp³-hybridized carbons (Fsp3) is 0.538. The minimum atomic E-state index is 0.187. The van der Waals surface area contributed by atoms with Gasteiger partial charge in [0.1, 0.15) is 5.75 Å². The van der Waals surface area contributed by atoms with Crippen molar-refractivity contribution in [3.63, 3.8) is 0 Å². The molecule has 3 nitrogen and oxygen atoms in total. The summed E-state index contributed by atoms with van der Waals surface area (Å²) in [6.07, 6.45) is 5.00. The highest BCUT2D eigenvalue weighted by Crippen LogP contribution is 2.36. The summed E-state index contributed by atoms with van der Waals surface area (Å²) in [5.74, 6) is 2.30. The van der Waals surface area contributed by atoms with Gasteiger partial charge >= 0.3 is 0 Å². The zero-order valence-electron chi connectivity index (χ0n) is 18.6. The molecule has 0 radical (unpaired) electrons. The van der Waals surface area contributed by atoms with Gasteiger partial charge in [-0.15, -0.1) is 0 Å². The zero-order chi connectivity index (χ0) is 21.1. The summed E-state index contributed by atoms with van der Waals surface area (Å²) in [6, 6.07) is 15.1. The van der Waals surface area contributed by atoms with Gasteiger partial charge in [-0.1, -0.05) is 29.8 Å². The van der Waals surface area contributed by atoms with E-state index in [-0.39, 0.29) is 6.10 Å². The van der Waals surface area contributed by atoms with Gasteiger partial charge in [0.15, 0.2) is 0 Å². The van der Waals surface area contributed by atoms with Crippen molar-refractivity contribution in [2.75, 3.05) is 38.1 Å². The minimum Gasteiger partial charge on any atom is -0.491 e. The van der Waals surface area contributed by atoms with Crippen LogP contribution >= 0.6 is 11.6 Å². The van der Waals surface area contributed by atoms with Gasteiger partial charge < -0.3 is 14.5 Å². The van der Waals surface area contributed by atoms with Crippen LogP contribution < -0.4 is 9.64 Å². The van der Waals surface area contributed by atoms with E-state index in [1.807, 2.05) is 12.1 Å². The number of halogens is 1. The summed E-state index contributed by atoms with van der Waals surface area (Å²) >= 11 is 6.50. The summed E-state index contributed by atoms with van der Waals surface area (Å²) in [5.41, 5.74) is 4.18. The normalized spacial score (nSPS) is 20.4. The number of hydrogen-bond donors (Lipinski definition) is 0. The predicted octanol–water partition coefficient (Wildman–Crippen LogP) is 6.01. The standard InChI is InChI=1S/C26H35ClN2O/c1-19(2)30-23-8-9-25(27)22(17-23)16-20-10-14-29(15-11-20)18-21-12-13-28(3)26-7-5-4-6-24(21)26/h4-9,17,19-21H,10-16,18H2,1-3H3. The van der Waals surface area contributed by atoms with Crippen LogP contribution in [0.1, 0.15) is 50.2 Å². The number of anilines is 1. The Morgan fingerprint density at radius 1 is 1.03 bits per heavy atom. The monoisotopic (exact) mass is 426 g/mol. The molecule has 2 aromatic rings. The molecule has 162 valence electrons. The van der Waals surface area contributed by atoms with Crippen molar-refractivity contribution in [1.29, 1.82) is 0 Å². The molecule has 1 saturated heterocycles. The van der Waals surface area contributed by atoms with Crippen molar-refractivity contribution >= 4 is 17.3 Å². The topological polar surface area (TPSA) is 15.7 Å². The van der Waals surface area contributed by atoms with Crippen LogP contribution in [0.15, 0.2) is 42.5 Å². The second-order valence-electron chi connectivity index (χ2n) is 9.33. The number of piperidine rings is 1. The van der Waals surface area contributed by atoms with E-state index in [9.17, 15) is 0 Å². The van der Waals surface area contributed by atoms with E-state index in [2.05, 4.69) is 61.0 Å². The maximum atomic E-state index is 6.50. The average Bonchev–Trinajstić information content (AvgIpc) is 2.74. The lowest BCUT2D eigenvalue weighted by Gasteiger charge is -2.38. The molecule has 2 heterocycles. The summed E-state index contributed by atoms with van der Waals surface area (Å²) in [5, 5.41) is 0.872. The molecule has 4 rings (SSSR count). The summed E-state index contributed by atoms with van der Waals surface area (Å²) in [7, 11) is 2.22. The van der Waals surface area contributed by atoms with Crippen LogP contribution in [-0.2, 0) is 6.42 Å². The van der Waals surface area contributed by atoms with Crippen LogP contribution in [0.2, 0.25) is 5.02 Å². The number of hydrogen-bond acceptors (Lipinski definition) is 3. The Morgan fingerprint density at radius 3 is 2.57 bits per heavy atom. The van der Waals surface area contributed by atoms with Crippen LogP contribution in [0.3, 0.4) is 0 Å². The Balaban J connectivity index is 1.32. The van der Waals surface area contributed by atoms with Gasteiger partial charge in [-0.3, -0.25) is 0 Å². The van der Waals surface area contributed by atoms with Crippen LogP contribution in [0, 0.1) is 5.92 Å². The number of ether oxygens (including phenoxy) is 1. The van der Waals surface area contributed by atoms with Gasteiger partial charge in [0.2, 0.25) is 0 Å². The minimum absolute atomic E-state index is 0.187. The molecule has 1 fully saturated rings. The van der Waals surface area contributed by atoms with Crippen molar-refractivity contribution < 1.29 is 4.74 Å². The largest absolute Gasteiger partial charge is 0.491 e. The lowest BCUT2D eigenvalue weighted by atomic mass is 9.87. The zero-order valence-corrected chi connectivity index (χ0v) is 19.4. The van der Waals surface area contributed by atoms with E-state index in [0.29, 0.717) is 11.8 Å². The van der Waals surface area contributed by atoms with Gasteiger partial charge in [-0.2, -0.15) is 0 Å². The third-order valence-electron chi connectivity index (χ3n) is 6.68. The highest BCUT2D eigenvalue weighted by atomic mass is 35.5. The predicted molar refractivity (Wildman–Crippen MR) is 127 cm³/mol. The number of fused-ring (bicyclic) bond motifs is 1. The molecule has 1 unspecified atom stereocenters. The summed E-state index contributed by atoms with van der Waals surface area (Å²) < 4.78 is 5.87. The van der Waals surface area contributed by atoms with Gasteiger partial charge in [0.25, 0.3) is 0 Å². The first-order chi connectivity index (χ1) is 14.5. The molecule has 0 spiro atoms. The Morgan fingerprint density at radius 2 is 1.80 bits per heavy atom. The third-order valence-corrected chi connectivity index (χ3v) is 7.05. The fourth-order valence-electron chi connectivity index (χ4n) is 5.04. The maximum Gasteiger partial charge on any atom is 0.120 e. The Bertz CT molecular complexity index is 845. The molecule has 0 saturated carbocycles. The Labute approximate surface area is 187 Å². The van der Waals surface area contributed by atoms with Gasteiger partial charge in [0.05, 0.1) is 6.10 Å². The van der Waals surface area contributed by atoms with E-state index in [0.717, 1.165) is 23.7 Å². The van der Waals surface area contributed by atoms with Gasteiger partial charge in [-0.25, -0.2) is 0 Å². The number of likely N-dealkylation sites (tertiary alicyclic amines) is 1. The smallest absolute Gasteiger partial charge is 0.120 e. The number of rotatable bonds is 6. The lowest BCUT2D eigenvalue weighted by Crippen LogP contribution is -2.39. The molecule has 1 atom stereocenters. The molecule has 0 aliphatic carbocycles. The van der Waals surface area contributed by atoms with Crippen molar-refractivity contribution in [1.82, 2.24) is 4.90 Å². The molecular weight excluding hydrogens is 392 g/mol. The number of para-hydroxylation sites is 1. The first-order valence-electron chi connectivity index (χ1n) is 11.5. The number of nitrogens with zero attached hydrogens (tertiary/aromatic N) is 2. The first-order valence-corrected chi connectivity index (χ1v) is 11.8. The van der Waals surface area contributed by atoms with E-state index in [1.54, 1.807) is 0 Å². The van der Waals surface area contributed by atoms with Crippen LogP contribution in [0.4, 0.5) is 5.69 Å². The van der Waals surface area contributed by atoms with Crippen LogP contribution in [0.25, 0.3) is 0 Å². The quantitative estimate of drug-likeness (QED) is 0.562. The number of benzene rings is 2. The van der Waals surface area contributed by atoms with Crippen molar-refractivity contribution in [2.45, 2.75) is 51.6 Å². The molecule has 2 aromatic carbocycles. The molecule has 0 bridgehead atoms. The van der Waals surface area contributed by atoms with E-state index in [1.165, 1.54) is 55.7 Å². The highest BCUT2D eigenvalue weighted by Gasteiger charge is 2.27. The maximum absolute atomic E-state index is 6.50. The van der Waals surface area contributed by atoms with Crippen molar-refractivity contribution in [3.05, 3.63) is 58.6 Å². The summed E-state index contributed by atoms with van der Waals surface area (Å²) in [4.78, 5) is 5.09. The molecule has 2 aliphatic heterocycles. The molecule has 0 N–H and O–H groups in total. The van der Waals surface area contributed by atoms with Crippen molar-refractivity contribution in [2.24, 2.45) is 5.92 Å². The Hall–Kier alpha value is -1.71. The molecule has 0 aromatic heterocycles. The van der Waals surface area contributed by atoms with Crippen molar-refractivity contribution in [3.8, 4) is 5.75 Å². The molecule has 2 aliphatic rings. The highest BCUT2D eigenvalue weighted by molar-refractivity contribution is 6.31. The SMILES string of the molecule is CC(C)Oc1ccc(Cl)c(CC2CCN(CC3CCN(C)c4ccccc43)CC2)c1. The van der Waals surface area contributed by atoms with Crippen LogP contribution in [-0.4, -0.2) is 44.2 Å². The third kappa shape index (κ3) is 5.12. The van der Waals surface area contributed by atoms with E-state index >= 15 is 0 Å². The average molecular weight is 427 g/mol. The summed E-state index contributed by atoms with van der Waals surface area (Å²) in [6.45, 7) is 8.86. The molecule has 0 amide bonds. The Kier molecular flexibility index (Phi) is 6.90. The van der Waals surface area contributed by atoms with E-state index < -0.39 is 0 Å². The second-order valence-corrected chi connectivity index (χ2v) is 9.74. The lowest BCUT2D eigenvalue weighted by molar-refractivity contribution is 0.172. The van der Waals surface area contributed by atoms with Gasteiger partial charge in [0, 0.05) is 36.8 Å². The molecule has 4 heteroatoms.